The molecule has 0 aromatic heterocycles. The predicted molar refractivity (Wildman–Crippen MR) is 94.0 cm³/mol. The molecule has 0 aliphatic carbocycles. The molecule has 0 radical (unpaired) electrons. The summed E-state index contributed by atoms with van der Waals surface area (Å²) in [5.41, 5.74) is 0. The molecule has 1 fully saturated rings. The van der Waals surface area contributed by atoms with Crippen molar-refractivity contribution in [3.63, 3.8) is 0 Å². The summed E-state index contributed by atoms with van der Waals surface area (Å²) in [6.45, 7) is 4.00. The molecule has 3 N–H and O–H groups in total. The minimum absolute atomic E-state index is 0. The Balaban J connectivity index is 0.00000400. The van der Waals surface area contributed by atoms with E-state index < -0.39 is 0 Å². The summed E-state index contributed by atoms with van der Waals surface area (Å²) >= 11 is 0. The molecule has 1 aliphatic rings. The lowest BCUT2D eigenvalue weighted by atomic mass is 10.2. The summed E-state index contributed by atoms with van der Waals surface area (Å²) in [4.78, 5) is 28.0. The molecule has 0 aromatic rings. The fourth-order valence-electron chi connectivity index (χ4n) is 1.95. The first kappa shape index (κ1) is 19.9. The molecule has 21 heavy (non-hydrogen) atoms. The van der Waals surface area contributed by atoms with Crippen molar-refractivity contribution < 1.29 is 9.59 Å². The van der Waals surface area contributed by atoms with Crippen molar-refractivity contribution in [1.29, 1.82) is 0 Å². The van der Waals surface area contributed by atoms with E-state index in [1.165, 1.54) is 24.2 Å². The zero-order valence-electron chi connectivity index (χ0n) is 12.8. The van der Waals surface area contributed by atoms with E-state index in [4.69, 9.17) is 0 Å². The van der Waals surface area contributed by atoms with Crippen molar-refractivity contribution in [2.24, 2.45) is 4.99 Å². The Labute approximate surface area is 143 Å². The van der Waals surface area contributed by atoms with E-state index in [0.717, 1.165) is 13.0 Å². The standard InChI is InChI=1S/C13H25N5O2.HI/c1-3-4-5-6-7-15-12(14-2)16-8-9-18-11(19)10-17-13(18)20;/h3-10H2,1-2H3,(H,17,20)(H2,14,15,16);1H. The molecular weight excluding hydrogens is 385 g/mol. The highest BCUT2D eigenvalue weighted by atomic mass is 127. The van der Waals surface area contributed by atoms with Crippen molar-refractivity contribution in [3.8, 4) is 0 Å². The normalized spacial score (nSPS) is 14.8. The van der Waals surface area contributed by atoms with Crippen LogP contribution in [0.5, 0.6) is 0 Å². The molecular formula is C13H26IN5O2. The summed E-state index contributed by atoms with van der Waals surface area (Å²) in [5, 5.41) is 8.79. The second kappa shape index (κ2) is 11.6. The lowest BCUT2D eigenvalue weighted by Crippen LogP contribution is -2.43. The second-order valence-electron chi connectivity index (χ2n) is 4.69. The van der Waals surface area contributed by atoms with Crippen LogP contribution in [0.1, 0.15) is 32.6 Å². The lowest BCUT2D eigenvalue weighted by molar-refractivity contribution is -0.124. The van der Waals surface area contributed by atoms with Crippen LogP contribution in [0.4, 0.5) is 4.79 Å². The topological polar surface area (TPSA) is 85.8 Å². The van der Waals surface area contributed by atoms with E-state index in [2.05, 4.69) is 27.9 Å². The van der Waals surface area contributed by atoms with Crippen LogP contribution >= 0.6 is 24.0 Å². The summed E-state index contributed by atoms with van der Waals surface area (Å²) in [6, 6.07) is -0.320. The van der Waals surface area contributed by atoms with Crippen LogP contribution in [0.2, 0.25) is 0 Å². The van der Waals surface area contributed by atoms with Crippen LogP contribution in [0.3, 0.4) is 0 Å². The Hall–Kier alpha value is -1.06. The molecule has 3 amide bonds. The molecule has 1 aliphatic heterocycles. The van der Waals surface area contributed by atoms with E-state index in [-0.39, 0.29) is 42.5 Å². The fourth-order valence-corrected chi connectivity index (χ4v) is 1.95. The van der Waals surface area contributed by atoms with Gasteiger partial charge >= 0.3 is 6.03 Å². The van der Waals surface area contributed by atoms with Crippen LogP contribution in [-0.2, 0) is 4.79 Å². The van der Waals surface area contributed by atoms with Gasteiger partial charge in [0.05, 0.1) is 6.54 Å². The average molecular weight is 411 g/mol. The van der Waals surface area contributed by atoms with Crippen molar-refractivity contribution >= 4 is 41.9 Å². The van der Waals surface area contributed by atoms with Crippen LogP contribution in [0.25, 0.3) is 0 Å². The number of nitrogens with one attached hydrogen (secondary N) is 3. The molecule has 0 bridgehead atoms. The van der Waals surface area contributed by atoms with Gasteiger partial charge in [-0.05, 0) is 6.42 Å². The minimum atomic E-state index is -0.320. The average Bonchev–Trinajstić information content (AvgIpc) is 2.76. The Kier molecular flexibility index (Phi) is 11.0. The van der Waals surface area contributed by atoms with Gasteiger partial charge in [0, 0.05) is 26.7 Å². The Morgan fingerprint density at radius 2 is 1.95 bits per heavy atom. The smallest absolute Gasteiger partial charge is 0.324 e. The largest absolute Gasteiger partial charge is 0.356 e. The van der Waals surface area contributed by atoms with Gasteiger partial charge in [-0.1, -0.05) is 26.2 Å². The zero-order valence-corrected chi connectivity index (χ0v) is 15.1. The Morgan fingerprint density at radius 3 is 2.52 bits per heavy atom. The first-order chi connectivity index (χ1) is 9.69. The third-order valence-electron chi connectivity index (χ3n) is 3.11. The highest BCUT2D eigenvalue weighted by molar-refractivity contribution is 14.0. The number of carbonyl (C=O) groups excluding carboxylic acids is 2. The SMILES string of the molecule is CCCCCCNC(=NC)NCCN1C(=O)CNC1=O.I. The number of aliphatic imine (C=N–C) groups is 1. The van der Waals surface area contributed by atoms with Gasteiger partial charge in [0.2, 0.25) is 5.91 Å². The van der Waals surface area contributed by atoms with Crippen molar-refractivity contribution in [2.75, 3.05) is 33.2 Å². The number of unbranched alkanes of at least 4 members (excludes halogenated alkanes) is 3. The van der Waals surface area contributed by atoms with E-state index in [9.17, 15) is 9.59 Å². The van der Waals surface area contributed by atoms with Crippen molar-refractivity contribution in [3.05, 3.63) is 0 Å². The number of nitrogens with zero attached hydrogens (tertiary/aromatic N) is 2. The molecule has 0 saturated carbocycles. The molecule has 8 heteroatoms. The Bertz CT molecular complexity index is 346. The third kappa shape index (κ3) is 7.49. The maximum atomic E-state index is 11.4. The zero-order chi connectivity index (χ0) is 14.8. The number of hydrogen-bond acceptors (Lipinski definition) is 3. The van der Waals surface area contributed by atoms with Gasteiger partial charge in [0.25, 0.3) is 0 Å². The van der Waals surface area contributed by atoms with Gasteiger partial charge in [-0.15, -0.1) is 24.0 Å². The van der Waals surface area contributed by atoms with Gasteiger partial charge in [-0.2, -0.15) is 0 Å². The summed E-state index contributed by atoms with van der Waals surface area (Å²) in [7, 11) is 1.70. The quantitative estimate of drug-likeness (QED) is 0.182. The number of amides is 3. The van der Waals surface area contributed by atoms with Gasteiger partial charge in [-0.3, -0.25) is 14.7 Å². The number of carbonyl (C=O) groups is 2. The van der Waals surface area contributed by atoms with E-state index in [0.29, 0.717) is 19.0 Å². The molecule has 0 aromatic carbocycles. The van der Waals surface area contributed by atoms with Crippen LogP contribution in [0.15, 0.2) is 4.99 Å². The highest BCUT2D eigenvalue weighted by Crippen LogP contribution is 1.98. The van der Waals surface area contributed by atoms with Gasteiger partial charge in [-0.25, -0.2) is 4.79 Å². The van der Waals surface area contributed by atoms with E-state index >= 15 is 0 Å². The molecule has 1 rings (SSSR count). The molecule has 122 valence electrons. The second-order valence-corrected chi connectivity index (χ2v) is 4.69. The van der Waals surface area contributed by atoms with E-state index in [1.54, 1.807) is 7.05 Å². The van der Waals surface area contributed by atoms with Crippen molar-refractivity contribution in [2.45, 2.75) is 32.6 Å². The molecule has 1 saturated heterocycles. The molecule has 0 spiro atoms. The maximum absolute atomic E-state index is 11.4. The lowest BCUT2D eigenvalue weighted by Gasteiger charge is -2.15. The predicted octanol–water partition coefficient (Wildman–Crippen LogP) is 0.901. The number of urea groups is 1. The van der Waals surface area contributed by atoms with Gasteiger partial charge in [0.1, 0.15) is 0 Å². The minimum Gasteiger partial charge on any atom is -0.356 e. The third-order valence-corrected chi connectivity index (χ3v) is 3.11. The van der Waals surface area contributed by atoms with Crippen LogP contribution < -0.4 is 16.0 Å². The number of hydrogen-bond donors (Lipinski definition) is 3. The molecule has 1 heterocycles. The van der Waals surface area contributed by atoms with E-state index in [1.807, 2.05) is 0 Å². The maximum Gasteiger partial charge on any atom is 0.324 e. The number of imide groups is 1. The molecule has 0 unspecified atom stereocenters. The summed E-state index contributed by atoms with van der Waals surface area (Å²) < 4.78 is 0. The van der Waals surface area contributed by atoms with Crippen LogP contribution in [-0.4, -0.2) is 56.0 Å². The fraction of sp³-hybridized carbons (Fsp3) is 0.769. The monoisotopic (exact) mass is 411 g/mol. The summed E-state index contributed by atoms with van der Waals surface area (Å²) in [6.07, 6.45) is 4.79. The first-order valence-electron chi connectivity index (χ1n) is 7.21. The first-order valence-corrected chi connectivity index (χ1v) is 7.21. The van der Waals surface area contributed by atoms with Crippen LogP contribution in [0, 0.1) is 0 Å². The summed E-state index contributed by atoms with van der Waals surface area (Å²) in [5.74, 6) is 0.521. The highest BCUT2D eigenvalue weighted by Gasteiger charge is 2.27. The molecule has 7 nitrogen and oxygen atoms in total. The Morgan fingerprint density at radius 1 is 1.24 bits per heavy atom. The van der Waals surface area contributed by atoms with Gasteiger partial charge in [0.15, 0.2) is 5.96 Å². The number of halogens is 1. The molecule has 0 atom stereocenters. The number of guanidine groups is 1. The van der Waals surface area contributed by atoms with Gasteiger partial charge < -0.3 is 16.0 Å². The number of rotatable bonds is 8. The van der Waals surface area contributed by atoms with Crippen molar-refractivity contribution in [1.82, 2.24) is 20.9 Å².